The summed E-state index contributed by atoms with van der Waals surface area (Å²) < 4.78 is 4.93. The number of aryl methyl sites for hydroxylation is 1. The molecule has 0 spiro atoms. The number of nitrogens with two attached hydrogens (primary N) is 2. The largest absolute Gasteiger partial charge is 0.396 e. The first-order valence-electron chi connectivity index (χ1n) is 5.28. The zero-order valence-corrected chi connectivity index (χ0v) is 9.80. The van der Waals surface area contributed by atoms with E-state index in [9.17, 15) is 4.79 Å². The second kappa shape index (κ2) is 4.74. The van der Waals surface area contributed by atoms with Crippen LogP contribution in [0.1, 0.15) is 21.9 Å². The molecule has 2 rings (SSSR count). The lowest BCUT2D eigenvalue weighted by atomic mass is 10.3. The summed E-state index contributed by atoms with van der Waals surface area (Å²) >= 11 is 0. The Hall–Kier alpha value is -2.57. The summed E-state index contributed by atoms with van der Waals surface area (Å²) in [6, 6.07) is 4.84. The maximum Gasteiger partial charge on any atom is 0.267 e. The predicted octanol–water partition coefficient (Wildman–Crippen LogP) is 0.671. The summed E-state index contributed by atoms with van der Waals surface area (Å²) in [7, 11) is 0. The van der Waals surface area contributed by atoms with E-state index in [4.69, 9.17) is 16.0 Å². The van der Waals surface area contributed by atoms with E-state index < -0.39 is 5.91 Å². The lowest BCUT2D eigenvalue weighted by Gasteiger charge is -2.07. The van der Waals surface area contributed by atoms with Crippen LogP contribution in [0.3, 0.4) is 0 Å². The van der Waals surface area contributed by atoms with Gasteiger partial charge in [-0.3, -0.25) is 4.79 Å². The number of amides is 1. The van der Waals surface area contributed by atoms with Gasteiger partial charge in [-0.15, -0.1) is 0 Å². The number of pyridine rings is 1. The monoisotopic (exact) mass is 247 g/mol. The summed E-state index contributed by atoms with van der Waals surface area (Å²) in [4.78, 5) is 15.0. The molecule has 1 amide bonds. The molecular weight excluding hydrogens is 234 g/mol. The van der Waals surface area contributed by atoms with Crippen LogP contribution < -0.4 is 16.8 Å². The van der Waals surface area contributed by atoms with Gasteiger partial charge in [-0.1, -0.05) is 5.16 Å². The number of hydrogen-bond acceptors (Lipinski definition) is 6. The summed E-state index contributed by atoms with van der Waals surface area (Å²) in [5, 5.41) is 6.79. The molecule has 18 heavy (non-hydrogen) atoms. The van der Waals surface area contributed by atoms with Crippen molar-refractivity contribution in [1.82, 2.24) is 10.1 Å². The third kappa shape index (κ3) is 2.57. The molecule has 0 aliphatic heterocycles. The van der Waals surface area contributed by atoms with E-state index in [1.54, 1.807) is 19.1 Å². The summed E-state index contributed by atoms with van der Waals surface area (Å²) in [6.07, 6.45) is 0. The van der Waals surface area contributed by atoms with E-state index in [1.807, 2.05) is 0 Å². The lowest BCUT2D eigenvalue weighted by Crippen LogP contribution is -2.15. The maximum atomic E-state index is 11.0. The van der Waals surface area contributed by atoms with Crippen LogP contribution in [0.4, 0.5) is 11.5 Å². The molecule has 5 N–H and O–H groups in total. The van der Waals surface area contributed by atoms with Gasteiger partial charge in [0.1, 0.15) is 23.0 Å². The van der Waals surface area contributed by atoms with Gasteiger partial charge in [0.25, 0.3) is 5.91 Å². The molecule has 0 unspecified atom stereocenters. The van der Waals surface area contributed by atoms with Gasteiger partial charge in [-0.2, -0.15) is 0 Å². The van der Waals surface area contributed by atoms with Gasteiger partial charge >= 0.3 is 0 Å². The van der Waals surface area contributed by atoms with E-state index in [0.29, 0.717) is 18.1 Å². The Kier molecular flexibility index (Phi) is 3.13. The number of nitrogen functional groups attached to an aromatic ring is 1. The Bertz CT molecular complexity index is 579. The van der Waals surface area contributed by atoms with Crippen LogP contribution in [0.5, 0.6) is 0 Å². The van der Waals surface area contributed by atoms with E-state index >= 15 is 0 Å². The van der Waals surface area contributed by atoms with Gasteiger partial charge in [0.2, 0.25) is 0 Å². The van der Waals surface area contributed by atoms with Crippen molar-refractivity contribution in [3.63, 3.8) is 0 Å². The maximum absolute atomic E-state index is 11.0. The number of rotatable bonds is 4. The number of primary amides is 1. The minimum Gasteiger partial charge on any atom is -0.396 e. The van der Waals surface area contributed by atoms with E-state index in [1.165, 1.54) is 6.07 Å². The highest BCUT2D eigenvalue weighted by molar-refractivity contribution is 5.91. The Labute approximate surface area is 103 Å². The Morgan fingerprint density at radius 1 is 1.50 bits per heavy atom. The molecular formula is C11H13N5O2. The van der Waals surface area contributed by atoms with E-state index in [2.05, 4.69) is 15.5 Å². The number of carbonyl (C=O) groups excluding carboxylic acids is 1. The quantitative estimate of drug-likeness (QED) is 0.730. The van der Waals surface area contributed by atoms with Crippen LogP contribution >= 0.6 is 0 Å². The van der Waals surface area contributed by atoms with Gasteiger partial charge in [0, 0.05) is 6.07 Å². The third-order valence-electron chi connectivity index (χ3n) is 2.29. The van der Waals surface area contributed by atoms with Crippen molar-refractivity contribution in [2.45, 2.75) is 13.5 Å². The Morgan fingerprint density at radius 3 is 2.89 bits per heavy atom. The molecule has 0 atom stereocenters. The average molecular weight is 247 g/mol. The molecule has 2 aromatic rings. The fraction of sp³-hybridized carbons (Fsp3) is 0.182. The highest BCUT2D eigenvalue weighted by atomic mass is 16.5. The number of anilines is 2. The van der Waals surface area contributed by atoms with Crippen molar-refractivity contribution in [3.05, 3.63) is 35.3 Å². The van der Waals surface area contributed by atoms with Crippen LogP contribution in [0.25, 0.3) is 0 Å². The molecule has 94 valence electrons. The SMILES string of the molecule is Cc1cc(CNc2nc(C(N)=O)ccc2N)no1. The number of nitrogens with zero attached hydrogens (tertiary/aromatic N) is 2. The predicted molar refractivity (Wildman–Crippen MR) is 65.7 cm³/mol. The molecule has 0 bridgehead atoms. The molecule has 2 aromatic heterocycles. The van der Waals surface area contributed by atoms with Crippen LogP contribution in [-0.4, -0.2) is 16.0 Å². The van der Waals surface area contributed by atoms with Gasteiger partial charge in [-0.25, -0.2) is 4.98 Å². The normalized spacial score (nSPS) is 10.3. The first-order chi connectivity index (χ1) is 8.56. The molecule has 0 fully saturated rings. The van der Waals surface area contributed by atoms with Gasteiger partial charge < -0.3 is 21.3 Å². The van der Waals surface area contributed by atoms with Crippen LogP contribution in [0.2, 0.25) is 0 Å². The van der Waals surface area contributed by atoms with Gasteiger partial charge in [0.05, 0.1) is 12.2 Å². The summed E-state index contributed by atoms with van der Waals surface area (Å²) in [5.74, 6) is 0.515. The number of aromatic nitrogens is 2. The molecule has 0 saturated carbocycles. The first-order valence-corrected chi connectivity index (χ1v) is 5.28. The van der Waals surface area contributed by atoms with Crippen molar-refractivity contribution in [2.75, 3.05) is 11.1 Å². The number of carbonyl (C=O) groups is 1. The second-order valence-corrected chi connectivity index (χ2v) is 3.78. The molecule has 0 aromatic carbocycles. The minimum absolute atomic E-state index is 0.156. The van der Waals surface area contributed by atoms with Crippen molar-refractivity contribution in [3.8, 4) is 0 Å². The van der Waals surface area contributed by atoms with Crippen LogP contribution in [0, 0.1) is 6.92 Å². The molecule has 7 nitrogen and oxygen atoms in total. The standard InChI is InChI=1S/C11H13N5O2/c1-6-4-7(16-18-6)5-14-11-8(12)2-3-9(15-11)10(13)17/h2-4H,5,12H2,1H3,(H2,13,17)(H,14,15). The van der Waals surface area contributed by atoms with Crippen molar-refractivity contribution < 1.29 is 9.32 Å². The Balaban J connectivity index is 2.13. The van der Waals surface area contributed by atoms with Crippen molar-refractivity contribution >= 4 is 17.4 Å². The second-order valence-electron chi connectivity index (χ2n) is 3.78. The molecule has 0 aliphatic carbocycles. The van der Waals surface area contributed by atoms with Gasteiger partial charge in [0.15, 0.2) is 0 Å². The molecule has 0 saturated heterocycles. The molecule has 7 heteroatoms. The highest BCUT2D eigenvalue weighted by Crippen LogP contribution is 2.16. The van der Waals surface area contributed by atoms with E-state index in [0.717, 1.165) is 11.5 Å². The fourth-order valence-electron chi connectivity index (χ4n) is 1.42. The van der Waals surface area contributed by atoms with E-state index in [-0.39, 0.29) is 5.69 Å². The first kappa shape index (κ1) is 11.9. The molecule has 0 aliphatic rings. The minimum atomic E-state index is -0.602. The third-order valence-corrected chi connectivity index (χ3v) is 2.29. The molecule has 0 radical (unpaired) electrons. The zero-order chi connectivity index (χ0) is 13.1. The summed E-state index contributed by atoms with van der Waals surface area (Å²) in [5.41, 5.74) is 12.2. The van der Waals surface area contributed by atoms with Crippen molar-refractivity contribution in [2.24, 2.45) is 5.73 Å². The smallest absolute Gasteiger partial charge is 0.267 e. The number of hydrogen-bond donors (Lipinski definition) is 3. The number of nitrogens with one attached hydrogen (secondary N) is 1. The molecule has 2 heterocycles. The van der Waals surface area contributed by atoms with Crippen molar-refractivity contribution in [1.29, 1.82) is 0 Å². The van der Waals surface area contributed by atoms with Crippen LogP contribution in [-0.2, 0) is 6.54 Å². The summed E-state index contributed by atoms with van der Waals surface area (Å²) in [6.45, 7) is 2.20. The Morgan fingerprint density at radius 2 is 2.28 bits per heavy atom. The van der Waals surface area contributed by atoms with Gasteiger partial charge in [-0.05, 0) is 19.1 Å². The lowest BCUT2D eigenvalue weighted by molar-refractivity contribution is 0.0996. The average Bonchev–Trinajstić information content (AvgIpc) is 2.74. The topological polar surface area (TPSA) is 120 Å². The fourth-order valence-corrected chi connectivity index (χ4v) is 1.42. The van der Waals surface area contributed by atoms with Crippen LogP contribution in [0.15, 0.2) is 22.7 Å². The highest BCUT2D eigenvalue weighted by Gasteiger charge is 2.08. The zero-order valence-electron chi connectivity index (χ0n) is 9.80.